The summed E-state index contributed by atoms with van der Waals surface area (Å²) in [5.74, 6) is -2.36. The number of ether oxygens (including phenoxy) is 3. The van der Waals surface area contributed by atoms with E-state index < -0.39 is 54.9 Å². The number of halogens is 2. The molecular weight excluding hydrogens is 863 g/mol. The molecule has 0 spiro atoms. The molecule has 350 valence electrons. The van der Waals surface area contributed by atoms with Gasteiger partial charge in [-0.3, -0.25) is 9.69 Å². The normalized spacial score (nSPS) is 20.5. The Morgan fingerprint density at radius 1 is 0.791 bits per heavy atom. The minimum absolute atomic E-state index is 0.0501. The Kier molecular flexibility index (Phi) is 12.8. The number of nitrogens with zero attached hydrogens (tertiary/aromatic N) is 4. The molecule has 3 amide bonds. The standard InChI is InChI=1S/C50H54F2N8O7/c1-49(64,43(58-48(63)66-3)33-8-5-4-6-9-33)60-29-50(51,52)26-41(60)45-54-27-38(55-45)31-13-11-30(12-14-31)34-15-16-36-25-37(18-17-35(36)24-34)39-28-53-44(56-39)40-10-7-21-59(40)46(61)42(57-47(62)65-2)32-19-22-67-23-20-32/h4-6,8-9,11-18,24-25,27-28,32,40-43,64H,7,10,19-23,26,29H2,1-3H3,(H,53,56)(H,54,55)(H,57,62)(H,58,63)/t40?,41-,42-,43+,49?/m0/s1. The number of alkyl halides is 2. The van der Waals surface area contributed by atoms with Crippen molar-refractivity contribution in [2.24, 2.45) is 5.92 Å². The second kappa shape index (κ2) is 18.9. The summed E-state index contributed by atoms with van der Waals surface area (Å²) >= 11 is 0. The van der Waals surface area contributed by atoms with Crippen molar-refractivity contribution in [1.29, 1.82) is 0 Å². The van der Waals surface area contributed by atoms with Crippen molar-refractivity contribution in [3.63, 3.8) is 0 Å². The number of rotatable bonds is 12. The third-order valence-corrected chi connectivity index (χ3v) is 13.5. The first-order valence-corrected chi connectivity index (χ1v) is 22.6. The molecule has 0 aliphatic carbocycles. The van der Waals surface area contributed by atoms with Crippen molar-refractivity contribution >= 4 is 28.9 Å². The van der Waals surface area contributed by atoms with E-state index in [1.165, 1.54) is 26.0 Å². The summed E-state index contributed by atoms with van der Waals surface area (Å²) in [7, 11) is 2.49. The van der Waals surface area contributed by atoms with Crippen LogP contribution in [0.2, 0.25) is 0 Å². The van der Waals surface area contributed by atoms with E-state index in [-0.39, 0.29) is 23.7 Å². The average Bonchev–Trinajstić information content (AvgIpc) is 4.19. The van der Waals surface area contributed by atoms with Crippen LogP contribution in [0.3, 0.4) is 0 Å². The topological polar surface area (TPSA) is 187 Å². The smallest absolute Gasteiger partial charge is 0.407 e. The Labute approximate surface area is 386 Å². The van der Waals surface area contributed by atoms with Crippen molar-refractivity contribution in [1.82, 2.24) is 40.4 Å². The summed E-state index contributed by atoms with van der Waals surface area (Å²) < 4.78 is 45.7. The van der Waals surface area contributed by atoms with Gasteiger partial charge < -0.3 is 44.8 Å². The van der Waals surface area contributed by atoms with Gasteiger partial charge in [-0.2, -0.15) is 0 Å². The SMILES string of the molecule is COC(=O)N[C@H](C(=O)N1CCCC1c1ncc(-c2ccc3cc(-c4ccc(-c5cnc([C@@H]6CC(F)(F)CN6C(C)(O)[C@H](NC(=O)OC)c6ccccc6)[nH]5)cc4)ccc3c2)[nH]1)C1CCOCC1. The van der Waals surface area contributed by atoms with Gasteiger partial charge in [-0.1, -0.05) is 78.9 Å². The lowest BCUT2D eigenvalue weighted by Gasteiger charge is -2.42. The zero-order valence-corrected chi connectivity index (χ0v) is 37.5. The number of imidazole rings is 2. The Hall–Kier alpha value is -6.69. The van der Waals surface area contributed by atoms with Crippen LogP contribution in [0.5, 0.6) is 0 Å². The Balaban J connectivity index is 0.890. The van der Waals surface area contributed by atoms with Crippen molar-refractivity contribution in [3.8, 4) is 33.6 Å². The molecule has 0 bridgehead atoms. The van der Waals surface area contributed by atoms with Crippen LogP contribution in [0.25, 0.3) is 44.4 Å². The number of aromatic nitrogens is 4. The molecule has 6 aromatic rings. The summed E-state index contributed by atoms with van der Waals surface area (Å²) in [5, 5.41) is 19.5. The average molecular weight is 917 g/mol. The van der Waals surface area contributed by atoms with Crippen LogP contribution in [0.4, 0.5) is 18.4 Å². The number of hydrogen-bond acceptors (Lipinski definition) is 10. The number of likely N-dealkylation sites (tertiary alicyclic amines) is 2. The molecule has 67 heavy (non-hydrogen) atoms. The maximum atomic E-state index is 15.2. The number of benzene rings is 4. The molecule has 2 unspecified atom stereocenters. The molecule has 5 N–H and O–H groups in total. The number of alkyl carbamates (subject to hydrolysis) is 2. The molecule has 17 heteroatoms. The fourth-order valence-electron chi connectivity index (χ4n) is 9.91. The van der Waals surface area contributed by atoms with Gasteiger partial charge in [0, 0.05) is 31.7 Å². The highest BCUT2D eigenvalue weighted by Gasteiger charge is 2.55. The lowest BCUT2D eigenvalue weighted by Crippen LogP contribution is -2.56. The molecule has 5 heterocycles. The van der Waals surface area contributed by atoms with Crippen molar-refractivity contribution in [2.45, 2.75) is 74.8 Å². The highest BCUT2D eigenvalue weighted by atomic mass is 19.3. The molecule has 3 aliphatic rings. The lowest BCUT2D eigenvalue weighted by molar-refractivity contribution is -0.137. The van der Waals surface area contributed by atoms with E-state index in [2.05, 4.69) is 55.9 Å². The number of H-pyrrole nitrogens is 2. The molecule has 0 saturated carbocycles. The monoisotopic (exact) mass is 916 g/mol. The van der Waals surface area contributed by atoms with Crippen LogP contribution in [0.1, 0.15) is 74.4 Å². The summed E-state index contributed by atoms with van der Waals surface area (Å²) in [5.41, 5.74) is 3.74. The summed E-state index contributed by atoms with van der Waals surface area (Å²) in [6.07, 6.45) is 4.30. The first-order valence-electron chi connectivity index (χ1n) is 22.6. The Morgan fingerprint density at radius 2 is 1.37 bits per heavy atom. The van der Waals surface area contributed by atoms with E-state index in [9.17, 15) is 19.5 Å². The first kappa shape index (κ1) is 45.5. The zero-order valence-electron chi connectivity index (χ0n) is 37.5. The van der Waals surface area contributed by atoms with E-state index in [0.29, 0.717) is 49.7 Å². The predicted octanol–water partition coefficient (Wildman–Crippen LogP) is 8.29. The van der Waals surface area contributed by atoms with Crippen LogP contribution in [-0.2, 0) is 19.0 Å². The van der Waals surface area contributed by atoms with Crippen molar-refractivity contribution in [2.75, 3.05) is 40.5 Å². The van der Waals surface area contributed by atoms with Crippen molar-refractivity contribution in [3.05, 3.63) is 121 Å². The minimum atomic E-state index is -3.14. The van der Waals surface area contributed by atoms with Gasteiger partial charge in [0.1, 0.15) is 23.4 Å². The molecule has 4 aromatic carbocycles. The second-order valence-corrected chi connectivity index (χ2v) is 17.7. The molecule has 15 nitrogen and oxygen atoms in total. The van der Waals surface area contributed by atoms with Gasteiger partial charge in [0.25, 0.3) is 5.92 Å². The summed E-state index contributed by atoms with van der Waals surface area (Å²) in [6, 6.07) is 26.0. The van der Waals surface area contributed by atoms with Crippen LogP contribution >= 0.6 is 0 Å². The van der Waals surface area contributed by atoms with Gasteiger partial charge in [0.05, 0.1) is 62.7 Å². The highest BCUT2D eigenvalue weighted by molar-refractivity contribution is 5.91. The second-order valence-electron chi connectivity index (χ2n) is 17.7. The number of aliphatic hydroxyl groups is 1. The van der Waals surface area contributed by atoms with Crippen LogP contribution in [0.15, 0.2) is 103 Å². The number of nitrogens with one attached hydrogen (secondary N) is 4. The number of amides is 3. The molecular formula is C50H54F2N8O7. The third-order valence-electron chi connectivity index (χ3n) is 13.5. The van der Waals surface area contributed by atoms with E-state index in [4.69, 9.17) is 19.2 Å². The summed E-state index contributed by atoms with van der Waals surface area (Å²) in [4.78, 5) is 57.8. The number of fused-ring (bicyclic) bond motifs is 1. The van der Waals surface area contributed by atoms with Gasteiger partial charge in [-0.05, 0) is 83.7 Å². The van der Waals surface area contributed by atoms with E-state index in [1.807, 2.05) is 35.2 Å². The quantitative estimate of drug-likeness (QED) is 0.0800. The number of methoxy groups -OCH3 is 2. The molecule has 3 fully saturated rings. The van der Waals surface area contributed by atoms with E-state index in [0.717, 1.165) is 51.6 Å². The van der Waals surface area contributed by atoms with Gasteiger partial charge in [0.15, 0.2) is 0 Å². The predicted molar refractivity (Wildman–Crippen MR) is 245 cm³/mol. The van der Waals surface area contributed by atoms with E-state index in [1.54, 1.807) is 42.7 Å². The van der Waals surface area contributed by atoms with Gasteiger partial charge >= 0.3 is 12.2 Å². The maximum Gasteiger partial charge on any atom is 0.407 e. The molecule has 3 saturated heterocycles. The van der Waals surface area contributed by atoms with Crippen LogP contribution < -0.4 is 10.6 Å². The third kappa shape index (κ3) is 9.48. The number of aromatic amines is 2. The molecule has 5 atom stereocenters. The highest BCUT2D eigenvalue weighted by Crippen LogP contribution is 2.47. The zero-order chi connectivity index (χ0) is 46.9. The van der Waals surface area contributed by atoms with Crippen LogP contribution in [-0.4, -0.2) is 111 Å². The lowest BCUT2D eigenvalue weighted by atomic mass is 9.90. The first-order chi connectivity index (χ1) is 32.3. The Morgan fingerprint density at radius 3 is 2.04 bits per heavy atom. The number of hydrogen-bond donors (Lipinski definition) is 5. The Bertz CT molecular complexity index is 2720. The fraction of sp³-hybridized carbons (Fsp3) is 0.380. The van der Waals surface area contributed by atoms with Crippen molar-refractivity contribution < 1.29 is 42.5 Å². The number of carbonyl (C=O) groups excluding carboxylic acids is 3. The maximum absolute atomic E-state index is 15.2. The van der Waals surface area contributed by atoms with Gasteiger partial charge in [-0.25, -0.2) is 28.3 Å². The molecule has 3 aliphatic heterocycles. The van der Waals surface area contributed by atoms with Gasteiger partial charge in [0.2, 0.25) is 5.91 Å². The summed E-state index contributed by atoms with van der Waals surface area (Å²) in [6.45, 7) is 2.31. The molecule has 0 radical (unpaired) electrons. The van der Waals surface area contributed by atoms with Crippen LogP contribution in [0, 0.1) is 5.92 Å². The number of carbonyl (C=O) groups is 3. The fourth-order valence-corrected chi connectivity index (χ4v) is 9.91. The molecule has 2 aromatic heterocycles. The molecule has 9 rings (SSSR count). The van der Waals surface area contributed by atoms with Gasteiger partial charge in [-0.15, -0.1) is 0 Å². The van der Waals surface area contributed by atoms with E-state index >= 15 is 8.78 Å². The largest absolute Gasteiger partial charge is 0.453 e. The minimum Gasteiger partial charge on any atom is -0.453 e.